The monoisotopic (exact) mass is 238 g/mol. The summed E-state index contributed by atoms with van der Waals surface area (Å²) in [6.45, 7) is 1.38. The number of phenolic OH excluding ortho intramolecular Hbond substituents is 1. The van der Waals surface area contributed by atoms with Crippen LogP contribution in [0.1, 0.15) is 39.3 Å². The van der Waals surface area contributed by atoms with Crippen molar-refractivity contribution in [2.75, 3.05) is 0 Å². The average Bonchev–Trinajstić information content (AvgIpc) is 2.57. The molecule has 1 aliphatic rings. The van der Waals surface area contributed by atoms with Crippen molar-refractivity contribution < 1.29 is 29.6 Å². The lowest BCUT2D eigenvalue weighted by molar-refractivity contribution is -0.00319. The van der Waals surface area contributed by atoms with E-state index in [0.29, 0.717) is 0 Å². The van der Waals surface area contributed by atoms with Gasteiger partial charge in [0.05, 0.1) is 11.7 Å². The van der Waals surface area contributed by atoms with Gasteiger partial charge >= 0.3 is 11.9 Å². The Kier molecular flexibility index (Phi) is 2.51. The molecule has 0 saturated carbocycles. The highest BCUT2D eigenvalue weighted by molar-refractivity contribution is 6.02. The largest absolute Gasteiger partial charge is 0.507 e. The number of esters is 1. The van der Waals surface area contributed by atoms with Gasteiger partial charge in [0.1, 0.15) is 11.3 Å². The maximum atomic E-state index is 11.5. The molecule has 0 saturated heterocycles. The molecule has 2 atom stereocenters. The number of carboxylic acid groups (broad SMARTS) is 1. The molecular weight excluding hydrogens is 228 g/mol. The summed E-state index contributed by atoms with van der Waals surface area (Å²) in [4.78, 5) is 22.5. The van der Waals surface area contributed by atoms with E-state index in [1.54, 1.807) is 0 Å². The normalized spacial score (nSPS) is 19.6. The number of hydrogen-bond acceptors (Lipinski definition) is 5. The van der Waals surface area contributed by atoms with E-state index in [1.165, 1.54) is 13.0 Å². The lowest BCUT2D eigenvalue weighted by Crippen LogP contribution is -2.16. The van der Waals surface area contributed by atoms with Crippen LogP contribution in [0.4, 0.5) is 0 Å². The van der Waals surface area contributed by atoms with Crippen LogP contribution >= 0.6 is 0 Å². The summed E-state index contributed by atoms with van der Waals surface area (Å²) < 4.78 is 4.85. The molecule has 90 valence electrons. The van der Waals surface area contributed by atoms with E-state index in [1.807, 2.05) is 0 Å². The Labute approximate surface area is 96.1 Å². The number of ether oxygens (including phenoxy) is 1. The molecule has 0 fully saturated rings. The molecule has 1 heterocycles. The SMILES string of the molecule is C[C@@H](O)[C@@H]1OC(=O)c2c(O)ccc(C(=O)O)c21. The number of benzene rings is 1. The van der Waals surface area contributed by atoms with Crippen molar-refractivity contribution in [2.45, 2.75) is 19.1 Å². The number of aromatic carboxylic acids is 1. The van der Waals surface area contributed by atoms with Gasteiger partial charge in [-0.1, -0.05) is 0 Å². The second-order valence-corrected chi connectivity index (χ2v) is 3.79. The number of cyclic esters (lactones) is 1. The fourth-order valence-electron chi connectivity index (χ4n) is 1.88. The first-order chi connectivity index (χ1) is 7.93. The van der Waals surface area contributed by atoms with Crippen LogP contribution in [0.3, 0.4) is 0 Å². The zero-order valence-corrected chi connectivity index (χ0v) is 8.88. The van der Waals surface area contributed by atoms with Crippen LogP contribution < -0.4 is 0 Å². The smallest absolute Gasteiger partial charge is 0.343 e. The summed E-state index contributed by atoms with van der Waals surface area (Å²) in [5.74, 6) is -2.42. The van der Waals surface area contributed by atoms with Gasteiger partial charge in [-0.2, -0.15) is 0 Å². The average molecular weight is 238 g/mol. The van der Waals surface area contributed by atoms with Crippen LogP contribution in [0.15, 0.2) is 12.1 Å². The van der Waals surface area contributed by atoms with E-state index in [9.17, 15) is 19.8 Å². The molecule has 2 rings (SSSR count). The molecule has 0 unspecified atom stereocenters. The molecule has 0 spiro atoms. The zero-order chi connectivity index (χ0) is 12.7. The minimum Gasteiger partial charge on any atom is -0.507 e. The van der Waals surface area contributed by atoms with Crippen molar-refractivity contribution in [3.63, 3.8) is 0 Å². The van der Waals surface area contributed by atoms with Crippen LogP contribution in [-0.4, -0.2) is 33.4 Å². The van der Waals surface area contributed by atoms with Crippen molar-refractivity contribution in [2.24, 2.45) is 0 Å². The summed E-state index contributed by atoms with van der Waals surface area (Å²) in [5.41, 5.74) is -0.317. The molecule has 17 heavy (non-hydrogen) atoms. The fraction of sp³-hybridized carbons (Fsp3) is 0.273. The second-order valence-electron chi connectivity index (χ2n) is 3.79. The van der Waals surface area contributed by atoms with Gasteiger partial charge in [0.15, 0.2) is 6.10 Å². The van der Waals surface area contributed by atoms with Crippen LogP contribution in [0, 0.1) is 0 Å². The Bertz CT molecular complexity index is 505. The molecule has 6 nitrogen and oxygen atoms in total. The van der Waals surface area contributed by atoms with E-state index in [4.69, 9.17) is 9.84 Å². The number of aliphatic hydroxyl groups excluding tert-OH is 1. The molecule has 6 heteroatoms. The predicted molar refractivity (Wildman–Crippen MR) is 54.9 cm³/mol. The van der Waals surface area contributed by atoms with Gasteiger partial charge in [-0.25, -0.2) is 9.59 Å². The Morgan fingerprint density at radius 1 is 1.47 bits per heavy atom. The molecule has 0 amide bonds. The summed E-state index contributed by atoms with van der Waals surface area (Å²) in [5, 5.41) is 28.0. The third-order valence-electron chi connectivity index (χ3n) is 2.61. The van der Waals surface area contributed by atoms with Crippen LogP contribution in [0.5, 0.6) is 5.75 Å². The zero-order valence-electron chi connectivity index (χ0n) is 8.88. The first kappa shape index (κ1) is 11.4. The first-order valence-electron chi connectivity index (χ1n) is 4.91. The number of hydrogen-bond donors (Lipinski definition) is 3. The summed E-state index contributed by atoms with van der Waals surface area (Å²) in [6, 6.07) is 2.29. The van der Waals surface area contributed by atoms with Gasteiger partial charge in [-0.05, 0) is 19.1 Å². The molecule has 1 aromatic rings. The topological polar surface area (TPSA) is 104 Å². The third-order valence-corrected chi connectivity index (χ3v) is 2.61. The summed E-state index contributed by atoms with van der Waals surface area (Å²) in [6.07, 6.45) is -2.12. The summed E-state index contributed by atoms with van der Waals surface area (Å²) in [7, 11) is 0. The number of phenols is 1. The Morgan fingerprint density at radius 3 is 2.65 bits per heavy atom. The first-order valence-corrected chi connectivity index (χ1v) is 4.91. The lowest BCUT2D eigenvalue weighted by Gasteiger charge is -2.15. The number of fused-ring (bicyclic) bond motifs is 1. The van der Waals surface area contributed by atoms with Gasteiger partial charge in [-0.3, -0.25) is 0 Å². The second kappa shape index (κ2) is 3.74. The Balaban J connectivity index is 2.71. The number of aliphatic hydroxyl groups is 1. The molecule has 0 radical (unpaired) electrons. The number of carbonyl (C=O) groups is 2. The van der Waals surface area contributed by atoms with Gasteiger partial charge < -0.3 is 20.1 Å². The van der Waals surface area contributed by atoms with E-state index < -0.39 is 24.1 Å². The number of carboxylic acids is 1. The molecule has 1 aliphatic heterocycles. The number of carbonyl (C=O) groups excluding carboxylic acids is 1. The Hall–Kier alpha value is -2.08. The van der Waals surface area contributed by atoms with Crippen molar-refractivity contribution in [3.8, 4) is 5.75 Å². The van der Waals surface area contributed by atoms with Crippen molar-refractivity contribution in [3.05, 3.63) is 28.8 Å². The van der Waals surface area contributed by atoms with Gasteiger partial charge in [0, 0.05) is 5.56 Å². The predicted octanol–water partition coefficient (Wildman–Crippen LogP) is 0.683. The van der Waals surface area contributed by atoms with E-state index in [2.05, 4.69) is 0 Å². The van der Waals surface area contributed by atoms with Crippen molar-refractivity contribution >= 4 is 11.9 Å². The molecule has 0 aromatic heterocycles. The van der Waals surface area contributed by atoms with Crippen molar-refractivity contribution in [1.29, 1.82) is 0 Å². The van der Waals surface area contributed by atoms with Gasteiger partial charge in [0.25, 0.3) is 0 Å². The lowest BCUT2D eigenvalue weighted by atomic mass is 9.95. The molecule has 0 aliphatic carbocycles. The highest BCUT2D eigenvalue weighted by atomic mass is 16.6. The van der Waals surface area contributed by atoms with Crippen LogP contribution in [-0.2, 0) is 4.74 Å². The number of aromatic hydroxyl groups is 1. The molecule has 0 bridgehead atoms. The highest BCUT2D eigenvalue weighted by Crippen LogP contribution is 2.39. The highest BCUT2D eigenvalue weighted by Gasteiger charge is 2.39. The van der Waals surface area contributed by atoms with Gasteiger partial charge in [-0.15, -0.1) is 0 Å². The van der Waals surface area contributed by atoms with E-state index in [-0.39, 0.29) is 22.4 Å². The fourth-order valence-corrected chi connectivity index (χ4v) is 1.88. The number of rotatable bonds is 2. The van der Waals surface area contributed by atoms with Crippen LogP contribution in [0.2, 0.25) is 0 Å². The minimum absolute atomic E-state index is 0.0255. The quantitative estimate of drug-likeness (QED) is 0.654. The summed E-state index contributed by atoms with van der Waals surface area (Å²) >= 11 is 0. The molecule has 3 N–H and O–H groups in total. The standard InChI is InChI=1S/C11H10O6/c1-4(12)9-7-5(10(14)15)2-3-6(13)8(7)11(16)17-9/h2-4,9,12-13H,1H3,(H,14,15)/t4-,9+/m1/s1. The minimum atomic E-state index is -1.25. The molecule has 1 aromatic carbocycles. The third kappa shape index (κ3) is 1.62. The maximum absolute atomic E-state index is 11.5. The van der Waals surface area contributed by atoms with Crippen molar-refractivity contribution in [1.82, 2.24) is 0 Å². The maximum Gasteiger partial charge on any atom is 0.343 e. The van der Waals surface area contributed by atoms with Crippen LogP contribution in [0.25, 0.3) is 0 Å². The van der Waals surface area contributed by atoms with E-state index >= 15 is 0 Å². The van der Waals surface area contributed by atoms with E-state index in [0.717, 1.165) is 6.07 Å². The Morgan fingerprint density at radius 2 is 2.12 bits per heavy atom. The molecular formula is C11H10O6. The van der Waals surface area contributed by atoms with Gasteiger partial charge in [0.2, 0.25) is 0 Å².